The summed E-state index contributed by atoms with van der Waals surface area (Å²) < 4.78 is 0. The maximum atomic E-state index is 9.73. The minimum Gasteiger partial charge on any atom is -0.396 e. The van der Waals surface area contributed by atoms with Gasteiger partial charge in [0.15, 0.2) is 0 Å². The van der Waals surface area contributed by atoms with Crippen molar-refractivity contribution in [3.8, 4) is 11.8 Å². The van der Waals surface area contributed by atoms with Crippen LogP contribution in [0.3, 0.4) is 0 Å². The predicted molar refractivity (Wildman–Crippen MR) is 117 cm³/mol. The summed E-state index contributed by atoms with van der Waals surface area (Å²) in [6, 6.07) is 19.2. The second kappa shape index (κ2) is 10.0. The molecule has 2 aromatic rings. The smallest absolute Gasteiger partial charge is 0.120 e. The third kappa shape index (κ3) is 6.99. The number of benzene rings is 2. The van der Waals surface area contributed by atoms with Crippen LogP contribution >= 0.6 is 0 Å². The average Bonchev–Trinajstić information content (AvgIpc) is 2.70. The molecule has 4 heteroatoms. The van der Waals surface area contributed by atoms with Gasteiger partial charge in [-0.1, -0.05) is 54.3 Å². The van der Waals surface area contributed by atoms with Crippen molar-refractivity contribution in [3.63, 3.8) is 0 Å². The fourth-order valence-electron chi connectivity index (χ4n) is 3.73. The van der Waals surface area contributed by atoms with E-state index >= 15 is 0 Å². The Balaban J connectivity index is 1.58. The van der Waals surface area contributed by atoms with Crippen LogP contribution < -0.4 is 0 Å². The second-order valence-corrected chi connectivity index (χ2v) is 8.36. The highest BCUT2D eigenvalue weighted by Gasteiger charge is 2.26. The lowest BCUT2D eigenvalue weighted by atomic mass is 10.1. The molecule has 1 fully saturated rings. The van der Waals surface area contributed by atoms with Gasteiger partial charge in [-0.05, 0) is 43.5 Å². The molecule has 0 bridgehead atoms. The molecule has 0 aromatic heterocycles. The summed E-state index contributed by atoms with van der Waals surface area (Å²) >= 11 is 0. The quantitative estimate of drug-likeness (QED) is 0.742. The second-order valence-electron chi connectivity index (χ2n) is 8.36. The van der Waals surface area contributed by atoms with Gasteiger partial charge in [0.1, 0.15) is 5.60 Å². The monoisotopic (exact) mass is 392 g/mol. The third-order valence-electron chi connectivity index (χ3n) is 5.25. The summed E-state index contributed by atoms with van der Waals surface area (Å²) in [6.45, 7) is 8.44. The Bertz CT molecular complexity index is 816. The molecule has 2 aromatic carbocycles. The fourth-order valence-corrected chi connectivity index (χ4v) is 3.73. The molecule has 1 saturated heterocycles. The van der Waals surface area contributed by atoms with Crippen molar-refractivity contribution < 1.29 is 10.2 Å². The minimum atomic E-state index is -0.972. The SMILES string of the molecule is CC(C)(O)C#Cc1ccc(CN2CCN(Cc3ccccc3)[C@H](CCO)C2)cc1. The Kier molecular flexibility index (Phi) is 7.46. The van der Waals surface area contributed by atoms with E-state index < -0.39 is 5.60 Å². The molecule has 29 heavy (non-hydrogen) atoms. The average molecular weight is 393 g/mol. The summed E-state index contributed by atoms with van der Waals surface area (Å²) in [6.07, 6.45) is 0.800. The van der Waals surface area contributed by atoms with Crippen LogP contribution in [-0.2, 0) is 13.1 Å². The van der Waals surface area contributed by atoms with Gasteiger partial charge in [0.25, 0.3) is 0 Å². The van der Waals surface area contributed by atoms with E-state index in [1.54, 1.807) is 13.8 Å². The highest BCUT2D eigenvalue weighted by Crippen LogP contribution is 2.18. The highest BCUT2D eigenvalue weighted by atomic mass is 16.3. The summed E-state index contributed by atoms with van der Waals surface area (Å²) in [4.78, 5) is 4.97. The van der Waals surface area contributed by atoms with E-state index in [4.69, 9.17) is 0 Å². The van der Waals surface area contributed by atoms with E-state index in [-0.39, 0.29) is 6.61 Å². The topological polar surface area (TPSA) is 46.9 Å². The van der Waals surface area contributed by atoms with Gasteiger partial charge in [0, 0.05) is 50.9 Å². The number of hydrogen-bond donors (Lipinski definition) is 2. The van der Waals surface area contributed by atoms with Crippen LogP contribution in [0.1, 0.15) is 37.0 Å². The fraction of sp³-hybridized carbons (Fsp3) is 0.440. The molecule has 1 aliphatic rings. The van der Waals surface area contributed by atoms with Crippen LogP contribution in [0.25, 0.3) is 0 Å². The summed E-state index contributed by atoms with van der Waals surface area (Å²) in [7, 11) is 0. The molecule has 154 valence electrons. The van der Waals surface area contributed by atoms with Crippen LogP contribution in [0.5, 0.6) is 0 Å². The van der Waals surface area contributed by atoms with Crippen LogP contribution in [-0.4, -0.2) is 57.9 Å². The molecule has 3 rings (SSSR count). The highest BCUT2D eigenvalue weighted by molar-refractivity contribution is 5.37. The number of hydrogen-bond acceptors (Lipinski definition) is 4. The Hall–Kier alpha value is -2.16. The Morgan fingerprint density at radius 2 is 1.66 bits per heavy atom. The number of piperazine rings is 1. The van der Waals surface area contributed by atoms with Gasteiger partial charge in [0.2, 0.25) is 0 Å². The van der Waals surface area contributed by atoms with Crippen molar-refractivity contribution in [1.82, 2.24) is 9.80 Å². The zero-order chi connectivity index (χ0) is 20.7. The lowest BCUT2D eigenvalue weighted by Gasteiger charge is -2.41. The maximum absolute atomic E-state index is 9.73. The molecular weight excluding hydrogens is 360 g/mol. The van der Waals surface area contributed by atoms with Crippen LogP contribution in [0, 0.1) is 11.8 Å². The summed E-state index contributed by atoms with van der Waals surface area (Å²) in [5.74, 6) is 5.87. The molecule has 1 aliphatic heterocycles. The Morgan fingerprint density at radius 3 is 2.31 bits per heavy atom. The van der Waals surface area contributed by atoms with Gasteiger partial charge < -0.3 is 10.2 Å². The number of nitrogens with zero attached hydrogens (tertiary/aromatic N) is 2. The van der Waals surface area contributed by atoms with E-state index in [0.29, 0.717) is 6.04 Å². The van der Waals surface area contributed by atoms with Crippen molar-refractivity contribution in [1.29, 1.82) is 0 Å². The van der Waals surface area contributed by atoms with Crippen molar-refractivity contribution in [3.05, 3.63) is 71.3 Å². The number of aliphatic hydroxyl groups is 2. The molecule has 0 radical (unpaired) electrons. The first-order chi connectivity index (χ1) is 13.9. The van der Waals surface area contributed by atoms with E-state index in [0.717, 1.165) is 44.7 Å². The first kappa shape index (κ1) is 21.5. The van der Waals surface area contributed by atoms with Gasteiger partial charge in [-0.3, -0.25) is 9.80 Å². The van der Waals surface area contributed by atoms with Gasteiger partial charge >= 0.3 is 0 Å². The van der Waals surface area contributed by atoms with Gasteiger partial charge in [-0.25, -0.2) is 0 Å². The first-order valence-corrected chi connectivity index (χ1v) is 10.4. The predicted octanol–water partition coefficient (Wildman–Crippen LogP) is 2.88. The standard InChI is InChI=1S/C25H32N2O2/c1-25(2,29)14-12-21-8-10-23(11-9-21)18-26-15-16-27(24(20-26)13-17-28)19-22-6-4-3-5-7-22/h3-11,24,28-29H,13,15-20H2,1-2H3/t24-/m1/s1. The van der Waals surface area contributed by atoms with Crippen LogP contribution in [0.2, 0.25) is 0 Å². The molecule has 0 unspecified atom stereocenters. The van der Waals surface area contributed by atoms with Crippen molar-refractivity contribution >= 4 is 0 Å². The van der Waals surface area contributed by atoms with Crippen LogP contribution in [0.15, 0.2) is 54.6 Å². The summed E-state index contributed by atoms with van der Waals surface area (Å²) in [5, 5.41) is 19.3. The van der Waals surface area contributed by atoms with Crippen molar-refractivity contribution in [2.45, 2.75) is 45.0 Å². The van der Waals surface area contributed by atoms with E-state index in [1.807, 2.05) is 18.2 Å². The van der Waals surface area contributed by atoms with Gasteiger partial charge in [-0.15, -0.1) is 0 Å². The maximum Gasteiger partial charge on any atom is 0.120 e. The van der Waals surface area contributed by atoms with E-state index in [1.165, 1.54) is 11.1 Å². The summed E-state index contributed by atoms with van der Waals surface area (Å²) in [5.41, 5.74) is 2.53. The lowest BCUT2D eigenvalue weighted by Crippen LogP contribution is -2.52. The first-order valence-electron chi connectivity index (χ1n) is 10.4. The van der Waals surface area contributed by atoms with Gasteiger partial charge in [0.05, 0.1) is 0 Å². The molecule has 0 aliphatic carbocycles. The van der Waals surface area contributed by atoms with Crippen LogP contribution in [0.4, 0.5) is 0 Å². The largest absolute Gasteiger partial charge is 0.396 e. The van der Waals surface area contributed by atoms with Crippen molar-refractivity contribution in [2.24, 2.45) is 0 Å². The van der Waals surface area contributed by atoms with E-state index in [2.05, 4.69) is 58.0 Å². The molecule has 0 saturated carbocycles. The molecular formula is C25H32N2O2. The Labute approximate surface area is 174 Å². The molecule has 0 amide bonds. The molecule has 0 spiro atoms. The van der Waals surface area contributed by atoms with Crippen molar-refractivity contribution in [2.75, 3.05) is 26.2 Å². The molecule has 1 atom stereocenters. The minimum absolute atomic E-state index is 0.221. The normalized spacial score (nSPS) is 18.3. The Morgan fingerprint density at radius 1 is 0.966 bits per heavy atom. The molecule has 1 heterocycles. The van der Waals surface area contributed by atoms with Gasteiger partial charge in [-0.2, -0.15) is 0 Å². The molecule has 4 nitrogen and oxygen atoms in total. The third-order valence-corrected chi connectivity index (χ3v) is 5.25. The van der Waals surface area contributed by atoms with E-state index in [9.17, 15) is 10.2 Å². The number of rotatable bonds is 6. The molecule has 2 N–H and O–H groups in total. The lowest BCUT2D eigenvalue weighted by molar-refractivity contribution is 0.0500. The zero-order valence-corrected chi connectivity index (χ0v) is 17.5. The number of aliphatic hydroxyl groups excluding tert-OH is 1. The zero-order valence-electron chi connectivity index (χ0n) is 17.5.